The highest BCUT2D eigenvalue weighted by Gasteiger charge is 2.34. The van der Waals surface area contributed by atoms with E-state index in [2.05, 4.69) is 49.8 Å². The summed E-state index contributed by atoms with van der Waals surface area (Å²) in [5, 5.41) is 5.81. The van der Waals surface area contributed by atoms with Crippen molar-refractivity contribution in [2.45, 2.75) is 67.2 Å². The number of carbonyl (C=O) groups is 4. The van der Waals surface area contributed by atoms with Gasteiger partial charge in [0.05, 0.1) is 63.6 Å². The summed E-state index contributed by atoms with van der Waals surface area (Å²) in [4.78, 5) is 169. The molecule has 20 rings (SSSR count). The fourth-order valence-corrected chi connectivity index (χ4v) is 18.9. The first kappa shape index (κ1) is 104. The van der Waals surface area contributed by atoms with Gasteiger partial charge in [-0.05, 0) is 248 Å². The molecule has 0 atom stereocenters. The van der Waals surface area contributed by atoms with E-state index in [1.165, 1.54) is 68.4 Å². The van der Waals surface area contributed by atoms with Crippen LogP contribution in [0.1, 0.15) is 100 Å². The predicted octanol–water partition coefficient (Wildman–Crippen LogP) is 19.1. The largest absolute Gasteiger partial charge is 0.460 e. The van der Waals surface area contributed by atoms with E-state index in [9.17, 15) is 65.5 Å². The summed E-state index contributed by atoms with van der Waals surface area (Å²) in [6.45, 7) is 10.4. The van der Waals surface area contributed by atoms with Gasteiger partial charge in [0.15, 0.2) is 11.4 Å². The number of carbonyl (C=O) groups excluding carboxylic acids is 4. The fourth-order valence-electron chi connectivity index (χ4n) is 18.2. The topological polar surface area (TPSA) is 374 Å². The van der Waals surface area contributed by atoms with Gasteiger partial charge in [0, 0.05) is 181 Å². The number of ketones is 1. The highest BCUT2D eigenvalue weighted by Crippen LogP contribution is 2.43. The van der Waals surface area contributed by atoms with Crippen LogP contribution in [0.5, 0.6) is 0 Å². The van der Waals surface area contributed by atoms with Gasteiger partial charge in [0.1, 0.15) is 70.5 Å². The van der Waals surface area contributed by atoms with Gasteiger partial charge in [-0.25, -0.2) is 51.9 Å². The van der Waals surface area contributed by atoms with Crippen LogP contribution >= 0.6 is 34.8 Å². The summed E-state index contributed by atoms with van der Waals surface area (Å²) in [5.41, 5.74) is 9.19. The monoisotopic (exact) mass is 2070 g/mol. The van der Waals surface area contributed by atoms with Gasteiger partial charge in [-0.1, -0.05) is 78.1 Å². The van der Waals surface area contributed by atoms with E-state index in [0.717, 1.165) is 21.7 Å². The number of pyridine rings is 8. The number of nitrogens with zero attached hydrogens (tertiary/aromatic N) is 11. The molecule has 0 bridgehead atoms. The molecule has 0 radical (unpaired) electrons. The van der Waals surface area contributed by atoms with E-state index in [1.54, 1.807) is 142 Å². The van der Waals surface area contributed by atoms with Gasteiger partial charge in [0.25, 0.3) is 27.8 Å². The highest BCUT2D eigenvalue weighted by atomic mass is 35.5. The molecule has 149 heavy (non-hydrogen) atoms. The van der Waals surface area contributed by atoms with Gasteiger partial charge in [-0.3, -0.25) is 33.6 Å². The Morgan fingerprint density at radius 3 is 1.23 bits per heavy atom. The molecule has 0 aliphatic rings. The number of esters is 3. The van der Waals surface area contributed by atoms with E-state index in [0.29, 0.717) is 180 Å². The molecule has 0 saturated carbocycles. The molecule has 7 aromatic carbocycles. The number of halogens is 7. The third-order valence-corrected chi connectivity index (χ3v) is 26.6. The van der Waals surface area contributed by atoms with E-state index in [4.69, 9.17) is 49.0 Å². The van der Waals surface area contributed by atoms with Crippen LogP contribution in [0.15, 0.2) is 254 Å². The van der Waals surface area contributed by atoms with Crippen molar-refractivity contribution in [1.29, 1.82) is 0 Å². The molecule has 13 heterocycles. The van der Waals surface area contributed by atoms with Crippen molar-refractivity contribution in [3.63, 3.8) is 0 Å². The van der Waals surface area contributed by atoms with Gasteiger partial charge in [-0.2, -0.15) is 0 Å². The molecular formula is C112H98Cl3F4N17O13. The highest BCUT2D eigenvalue weighted by molar-refractivity contribution is 6.32. The van der Waals surface area contributed by atoms with Crippen molar-refractivity contribution in [2.24, 2.45) is 0 Å². The molecule has 0 unspecified atom stereocenters. The standard InChI is InChI=1S/C29H27FN4O4.C28H25ClFN5O4.C28H25ClFN5O3.C27H21ClFN3O2/c1-17-13-21-24(15-22(17)30)34(16-18-14-25(35)32-23-9-5-4-7-19(18)23)27(29(37)38-12-11-33(2)3)26(21)20-8-6-10-31-28(20)36;1-15-9-19-23(12-21(15)30)35(13-16-10-18-22(11-20(16)29)32-14-33-27(18)37)25(28(38)39-8-7-34(2)3)24(19)17-5-4-6-31-26(17)36;1-16-12-20-22(14-21(16)30)35(15-18-13-17-6-4-8-31-26(17)33-25(18)29)24(28(37)38-11-10-34(2)3)23(20)19-7-5-9-32-27(19)36;1-3-16-12-20-23(13-21(16)29)32(14-18-11-17-7-4-5-9-22(17)31-26(18)28)25(15(2)33)24(20)19-8-6-10-30-27(19)34/h4-10,13-15H,11-12,16H2,1-3H3,(H,31,36)(H,32,35);4-6,9-12,14H,7-8,13H2,1-3H3,(H,31,36)(H,32,33,37);4-9,12-14H,10-11,15H2,1-3H3,(H,32,36);4-13H,3,14H2,1-2H3,(H,30,34). The maximum Gasteiger partial charge on any atom is 0.355 e. The SMILES string of the molecule is CCc1cc2c(-c3ccc[nH]c3=O)c(C(C)=O)n(Cc3cc4ccccc4nc3Cl)c2cc1F.Cc1cc2c(-c3ccc[nH]c3=O)c(C(=O)OCCN(C)C)n(Cc3cc(=O)[nH]c4ccccc34)c2cc1F.Cc1cc2c(-c3ccc[nH]c3=O)c(C(=O)OCCN(C)C)n(Cc3cc4c(=O)[nH]cnc4cc3Cl)c2cc1F.Cc1cc2c(-c3ccc[nH]c3=O)c(C(=O)OCCN(C)C)n(Cc3cc4cccnc4nc3Cl)c2cc1F. The second-order valence-corrected chi connectivity index (χ2v) is 37.6. The lowest BCUT2D eigenvalue weighted by Gasteiger charge is -2.15. The number of Topliss-reactive ketones (excluding diaryl/α,β-unsaturated/α-hetero) is 1. The zero-order chi connectivity index (χ0) is 106. The molecule has 30 nitrogen and oxygen atoms in total. The minimum absolute atomic E-state index is 0.00897. The number of likely N-dealkylation sites (N-methyl/N-ethyl adjacent to an activating group) is 3. The van der Waals surface area contributed by atoms with Gasteiger partial charge in [-0.15, -0.1) is 0 Å². The summed E-state index contributed by atoms with van der Waals surface area (Å²) in [7, 11) is 11.2. The number of rotatable bonds is 26. The lowest BCUT2D eigenvalue weighted by atomic mass is 9.99. The van der Waals surface area contributed by atoms with Crippen LogP contribution in [-0.2, 0) is 46.8 Å². The number of benzene rings is 7. The minimum atomic E-state index is -0.680. The van der Waals surface area contributed by atoms with Crippen molar-refractivity contribution in [2.75, 3.05) is 81.7 Å². The Bertz CT molecular complexity index is 9130. The number of para-hydroxylation sites is 2. The second-order valence-electron chi connectivity index (χ2n) is 36.5. The van der Waals surface area contributed by atoms with Crippen LogP contribution in [-0.4, -0.2) is 188 Å². The first-order chi connectivity index (χ1) is 71.5. The Balaban J connectivity index is 0.000000135. The number of aromatic nitrogens is 14. The maximum atomic E-state index is 14.9. The van der Waals surface area contributed by atoms with Crippen LogP contribution in [0.2, 0.25) is 15.3 Å². The van der Waals surface area contributed by atoms with Crippen molar-refractivity contribution >= 4 is 146 Å². The Labute approximate surface area is 861 Å². The molecular weight excluding hydrogens is 1970 g/mol. The first-order valence-electron chi connectivity index (χ1n) is 47.2. The molecule has 0 aliphatic heterocycles. The smallest absolute Gasteiger partial charge is 0.355 e. The van der Waals surface area contributed by atoms with Crippen LogP contribution in [0.25, 0.3) is 132 Å². The van der Waals surface area contributed by atoms with Crippen molar-refractivity contribution in [3.8, 4) is 44.5 Å². The number of aryl methyl sites for hydroxylation is 4. The zero-order valence-corrected chi connectivity index (χ0v) is 84.8. The zero-order valence-electron chi connectivity index (χ0n) is 82.5. The van der Waals surface area contributed by atoms with E-state index in [1.807, 2.05) is 125 Å². The van der Waals surface area contributed by atoms with Crippen molar-refractivity contribution in [1.82, 2.24) is 82.8 Å². The Morgan fingerprint density at radius 1 is 0.376 bits per heavy atom. The fraction of sp³-hybridized carbons (Fsp3) is 0.196. The van der Waals surface area contributed by atoms with E-state index in [-0.39, 0.29) is 119 Å². The first-order valence-corrected chi connectivity index (χ1v) is 48.4. The summed E-state index contributed by atoms with van der Waals surface area (Å²) in [6.07, 6.45) is 9.44. The van der Waals surface area contributed by atoms with E-state index >= 15 is 0 Å². The van der Waals surface area contributed by atoms with Crippen LogP contribution in [0.4, 0.5) is 17.6 Å². The van der Waals surface area contributed by atoms with Crippen LogP contribution in [0.3, 0.4) is 0 Å². The average Bonchev–Trinajstić information content (AvgIpc) is 1.59. The van der Waals surface area contributed by atoms with Crippen molar-refractivity contribution in [3.05, 3.63) is 393 Å². The third kappa shape index (κ3) is 21.7. The predicted molar refractivity (Wildman–Crippen MR) is 572 cm³/mol. The van der Waals surface area contributed by atoms with Crippen LogP contribution < -0.4 is 33.4 Å². The third-order valence-electron chi connectivity index (χ3n) is 25.5. The molecule has 13 aromatic heterocycles. The normalized spacial score (nSPS) is 11.5. The molecule has 758 valence electrons. The Hall–Kier alpha value is -16.6. The number of aromatic amines is 6. The molecule has 0 aliphatic carbocycles. The Morgan fingerprint density at radius 2 is 0.772 bits per heavy atom. The Kier molecular flexibility index (Phi) is 30.9. The quantitative estimate of drug-likeness (QED) is 0.00964. The molecule has 0 amide bonds. The minimum Gasteiger partial charge on any atom is -0.460 e. The van der Waals surface area contributed by atoms with Crippen LogP contribution in [0, 0.1) is 44.0 Å². The van der Waals surface area contributed by atoms with E-state index < -0.39 is 46.5 Å². The molecule has 6 N–H and O–H groups in total. The number of fused-ring (bicyclic) bond motifs is 8. The molecule has 20 aromatic rings. The second kappa shape index (κ2) is 44.4. The average molecular weight is 2070 g/mol. The summed E-state index contributed by atoms with van der Waals surface area (Å²) in [5.74, 6) is -3.93. The number of hydrogen-bond donors (Lipinski definition) is 6. The lowest BCUT2D eigenvalue weighted by molar-refractivity contribution is 0.0462. The maximum absolute atomic E-state index is 14.9. The van der Waals surface area contributed by atoms with Gasteiger partial charge in [0.2, 0.25) is 5.56 Å². The summed E-state index contributed by atoms with van der Waals surface area (Å²) < 4.78 is 83.3. The summed E-state index contributed by atoms with van der Waals surface area (Å²) in [6, 6.07) is 52.3. The van der Waals surface area contributed by atoms with Gasteiger partial charge >= 0.3 is 17.9 Å². The van der Waals surface area contributed by atoms with Crippen molar-refractivity contribution < 1.29 is 51.0 Å². The molecule has 37 heteroatoms. The lowest BCUT2D eigenvalue weighted by Crippen LogP contribution is -2.22. The van der Waals surface area contributed by atoms with Gasteiger partial charge < -0.3 is 77.1 Å². The molecule has 0 fully saturated rings. The number of hydrogen-bond acceptors (Lipinski definition) is 20. The number of H-pyrrole nitrogens is 6. The summed E-state index contributed by atoms with van der Waals surface area (Å²) >= 11 is 19.7. The molecule has 0 saturated heterocycles. The number of ether oxygens (including phenoxy) is 3. The number of nitrogens with one attached hydrogen (secondary N) is 6. The molecule has 0 spiro atoms.